The number of hydrogen-bond acceptors (Lipinski definition) is 1. The molecule has 0 saturated heterocycles. The first-order valence-electron chi connectivity index (χ1n) is 6.74. The molecular weight excluding hydrogens is 210 g/mol. The van der Waals surface area contributed by atoms with Crippen LogP contribution in [0.4, 0.5) is 0 Å². The molecule has 2 nitrogen and oxygen atoms in total. The zero-order valence-electron chi connectivity index (χ0n) is 11.3. The van der Waals surface area contributed by atoms with E-state index in [1.165, 1.54) is 37.8 Å². The van der Waals surface area contributed by atoms with E-state index >= 15 is 0 Å². The van der Waals surface area contributed by atoms with Gasteiger partial charge in [0.2, 0.25) is 0 Å². The zero-order chi connectivity index (χ0) is 12.5. The summed E-state index contributed by atoms with van der Waals surface area (Å²) in [7, 11) is 0. The van der Waals surface area contributed by atoms with E-state index < -0.39 is 0 Å². The predicted octanol–water partition coefficient (Wildman–Crippen LogP) is 3.89. The molecule has 2 heteroatoms. The van der Waals surface area contributed by atoms with Gasteiger partial charge < -0.3 is 4.57 Å². The third-order valence-electron chi connectivity index (χ3n) is 4.65. The van der Waals surface area contributed by atoms with E-state index in [-0.39, 0.29) is 0 Å². The third kappa shape index (κ3) is 2.18. The van der Waals surface area contributed by atoms with E-state index in [1.807, 2.05) is 6.07 Å². The van der Waals surface area contributed by atoms with Gasteiger partial charge in [-0.1, -0.05) is 19.8 Å². The number of hydrogen-bond donors (Lipinski definition) is 0. The van der Waals surface area contributed by atoms with Crippen molar-refractivity contribution in [2.45, 2.75) is 59.4 Å². The molecule has 2 rings (SSSR count). The molecule has 1 saturated carbocycles. The number of aldehydes is 1. The molecule has 0 spiro atoms. The molecule has 0 bridgehead atoms. The lowest BCUT2D eigenvalue weighted by Gasteiger charge is -2.29. The van der Waals surface area contributed by atoms with E-state index in [0.29, 0.717) is 5.41 Å². The number of carbonyl (C=O) groups excluding carboxylic acids is 1. The average Bonchev–Trinajstić information content (AvgIpc) is 2.90. The Balaban J connectivity index is 2.28. The standard InChI is InChI=1S/C15H23NO/c1-4-15(7-5-6-8-15)11-16-12(2)9-14(10-17)13(16)3/h9-10H,4-8,11H2,1-3H3. The molecule has 1 aromatic rings. The van der Waals surface area contributed by atoms with Crippen LogP contribution in [-0.4, -0.2) is 10.9 Å². The molecule has 17 heavy (non-hydrogen) atoms. The van der Waals surface area contributed by atoms with Gasteiger partial charge in [-0.25, -0.2) is 0 Å². The van der Waals surface area contributed by atoms with Gasteiger partial charge in [0.15, 0.2) is 6.29 Å². The summed E-state index contributed by atoms with van der Waals surface area (Å²) in [5, 5.41) is 0. The Hall–Kier alpha value is -1.05. The van der Waals surface area contributed by atoms with Crippen molar-refractivity contribution in [3.05, 3.63) is 23.0 Å². The minimum Gasteiger partial charge on any atom is -0.348 e. The molecule has 0 unspecified atom stereocenters. The van der Waals surface area contributed by atoms with Gasteiger partial charge in [-0.05, 0) is 44.6 Å². The van der Waals surface area contributed by atoms with Crippen LogP contribution < -0.4 is 0 Å². The molecule has 1 aliphatic carbocycles. The molecule has 0 aromatic carbocycles. The molecule has 1 fully saturated rings. The summed E-state index contributed by atoms with van der Waals surface area (Å²) in [4.78, 5) is 11.0. The van der Waals surface area contributed by atoms with E-state index in [1.54, 1.807) is 0 Å². The van der Waals surface area contributed by atoms with Crippen LogP contribution in [0.25, 0.3) is 0 Å². The minimum absolute atomic E-state index is 0.481. The highest BCUT2D eigenvalue weighted by molar-refractivity contribution is 5.77. The molecule has 1 aliphatic rings. The largest absolute Gasteiger partial charge is 0.348 e. The van der Waals surface area contributed by atoms with Gasteiger partial charge in [0, 0.05) is 23.5 Å². The van der Waals surface area contributed by atoms with Crippen molar-refractivity contribution in [1.29, 1.82) is 0 Å². The van der Waals surface area contributed by atoms with Crippen LogP contribution in [0, 0.1) is 19.3 Å². The molecule has 1 aromatic heterocycles. The quantitative estimate of drug-likeness (QED) is 0.723. The first-order chi connectivity index (χ1) is 8.12. The van der Waals surface area contributed by atoms with E-state index in [4.69, 9.17) is 0 Å². The van der Waals surface area contributed by atoms with Crippen molar-refractivity contribution in [2.24, 2.45) is 5.41 Å². The van der Waals surface area contributed by atoms with Crippen LogP contribution in [0.3, 0.4) is 0 Å². The maximum Gasteiger partial charge on any atom is 0.151 e. The first kappa shape index (κ1) is 12.4. The maximum absolute atomic E-state index is 11.0. The van der Waals surface area contributed by atoms with Crippen LogP contribution in [0.5, 0.6) is 0 Å². The van der Waals surface area contributed by atoms with E-state index in [0.717, 1.165) is 24.1 Å². The average molecular weight is 233 g/mol. The molecule has 0 N–H and O–H groups in total. The second-order valence-corrected chi connectivity index (χ2v) is 5.59. The highest BCUT2D eigenvalue weighted by atomic mass is 16.1. The van der Waals surface area contributed by atoms with Crippen LogP contribution in [-0.2, 0) is 6.54 Å². The smallest absolute Gasteiger partial charge is 0.151 e. The van der Waals surface area contributed by atoms with Gasteiger partial charge in [0.05, 0.1) is 0 Å². The fourth-order valence-electron chi connectivity index (χ4n) is 3.27. The minimum atomic E-state index is 0.481. The second kappa shape index (κ2) is 4.67. The summed E-state index contributed by atoms with van der Waals surface area (Å²) in [5.41, 5.74) is 3.70. The monoisotopic (exact) mass is 233 g/mol. The summed E-state index contributed by atoms with van der Waals surface area (Å²) in [6.45, 7) is 7.57. The molecule has 0 radical (unpaired) electrons. The normalized spacial score (nSPS) is 18.5. The highest BCUT2D eigenvalue weighted by Gasteiger charge is 2.33. The van der Waals surface area contributed by atoms with Crippen LogP contribution >= 0.6 is 0 Å². The van der Waals surface area contributed by atoms with Crippen LogP contribution in [0.2, 0.25) is 0 Å². The van der Waals surface area contributed by atoms with E-state index in [9.17, 15) is 4.79 Å². The van der Waals surface area contributed by atoms with Crippen molar-refractivity contribution < 1.29 is 4.79 Å². The fourth-order valence-corrected chi connectivity index (χ4v) is 3.27. The Morgan fingerprint density at radius 1 is 1.35 bits per heavy atom. The maximum atomic E-state index is 11.0. The SMILES string of the molecule is CCC1(Cn2c(C)cc(C=O)c2C)CCCC1. The Morgan fingerprint density at radius 3 is 2.47 bits per heavy atom. The zero-order valence-corrected chi connectivity index (χ0v) is 11.3. The third-order valence-corrected chi connectivity index (χ3v) is 4.65. The number of rotatable bonds is 4. The Kier molecular flexibility index (Phi) is 3.41. The predicted molar refractivity (Wildman–Crippen MR) is 70.5 cm³/mol. The van der Waals surface area contributed by atoms with Gasteiger partial charge >= 0.3 is 0 Å². The van der Waals surface area contributed by atoms with Crippen LogP contribution in [0.15, 0.2) is 6.07 Å². The van der Waals surface area contributed by atoms with Crippen molar-refractivity contribution in [3.8, 4) is 0 Å². The van der Waals surface area contributed by atoms with Gasteiger partial charge in [-0.2, -0.15) is 0 Å². The summed E-state index contributed by atoms with van der Waals surface area (Å²) in [6.07, 6.45) is 7.65. The number of carbonyl (C=O) groups is 1. The lowest BCUT2D eigenvalue weighted by atomic mass is 9.83. The van der Waals surface area contributed by atoms with Crippen molar-refractivity contribution in [2.75, 3.05) is 0 Å². The molecule has 1 heterocycles. The Bertz CT molecular complexity index is 411. The number of aryl methyl sites for hydroxylation is 1. The molecule has 0 atom stereocenters. The second-order valence-electron chi connectivity index (χ2n) is 5.59. The molecule has 94 valence electrons. The molecule has 0 amide bonds. The van der Waals surface area contributed by atoms with Gasteiger partial charge in [-0.15, -0.1) is 0 Å². The van der Waals surface area contributed by atoms with Crippen molar-refractivity contribution in [3.63, 3.8) is 0 Å². The van der Waals surface area contributed by atoms with Gasteiger partial charge in [0.25, 0.3) is 0 Å². The van der Waals surface area contributed by atoms with Gasteiger partial charge in [0.1, 0.15) is 0 Å². The molecular formula is C15H23NO. The lowest BCUT2D eigenvalue weighted by Crippen LogP contribution is -2.24. The van der Waals surface area contributed by atoms with E-state index in [2.05, 4.69) is 25.3 Å². The Morgan fingerprint density at radius 2 is 2.00 bits per heavy atom. The van der Waals surface area contributed by atoms with Gasteiger partial charge in [-0.3, -0.25) is 4.79 Å². The van der Waals surface area contributed by atoms with Crippen molar-refractivity contribution >= 4 is 6.29 Å². The molecule has 0 aliphatic heterocycles. The van der Waals surface area contributed by atoms with Crippen molar-refractivity contribution in [1.82, 2.24) is 4.57 Å². The lowest BCUT2D eigenvalue weighted by molar-refractivity contribution is 0.112. The summed E-state index contributed by atoms with van der Waals surface area (Å²) < 4.78 is 2.35. The number of nitrogens with zero attached hydrogens (tertiary/aromatic N) is 1. The van der Waals surface area contributed by atoms with Crippen LogP contribution in [0.1, 0.15) is 60.8 Å². The summed E-state index contributed by atoms with van der Waals surface area (Å²) >= 11 is 0. The highest BCUT2D eigenvalue weighted by Crippen LogP contribution is 2.43. The Labute approximate surface area is 104 Å². The topological polar surface area (TPSA) is 22.0 Å². The number of aromatic nitrogens is 1. The summed E-state index contributed by atoms with van der Waals surface area (Å²) in [6, 6.07) is 2.01. The first-order valence-corrected chi connectivity index (χ1v) is 6.74. The summed E-state index contributed by atoms with van der Waals surface area (Å²) in [5.74, 6) is 0. The fraction of sp³-hybridized carbons (Fsp3) is 0.667.